The summed E-state index contributed by atoms with van der Waals surface area (Å²) in [4.78, 5) is 36.3. The maximum atomic E-state index is 14.8. The third kappa shape index (κ3) is 4.65. The average molecular weight is 558 g/mol. The molecule has 5 aromatic rings. The summed E-state index contributed by atoms with van der Waals surface area (Å²) in [6.45, 7) is 2.34. The van der Waals surface area contributed by atoms with Crippen LogP contribution in [0, 0.1) is 24.1 Å². The summed E-state index contributed by atoms with van der Waals surface area (Å²) in [5.41, 5.74) is 4.14. The van der Waals surface area contributed by atoms with E-state index in [2.05, 4.69) is 15.3 Å². The Morgan fingerprint density at radius 3 is 2.67 bits per heavy atom. The second-order valence-electron chi connectivity index (χ2n) is 9.68. The predicted octanol–water partition coefficient (Wildman–Crippen LogP) is 4.58. The number of carbonyl (C=O) groups excluding carboxylic acids is 1. The Balaban J connectivity index is 1.55. The largest absolute Gasteiger partial charge is 0.383 e. The summed E-state index contributed by atoms with van der Waals surface area (Å²) in [6, 6.07) is 13.3. The van der Waals surface area contributed by atoms with E-state index in [1.807, 2.05) is 25.1 Å². The molecule has 3 aromatic heterocycles. The van der Waals surface area contributed by atoms with Gasteiger partial charge in [-0.3, -0.25) is 18.6 Å². The van der Waals surface area contributed by atoms with Gasteiger partial charge < -0.3 is 10.2 Å². The number of rotatable bonds is 6. The average Bonchev–Trinajstić information content (AvgIpc) is 3.36. The third-order valence-electron chi connectivity index (χ3n) is 6.70. The van der Waals surface area contributed by atoms with Crippen LogP contribution in [0.3, 0.4) is 0 Å². The van der Waals surface area contributed by atoms with Crippen molar-refractivity contribution in [2.75, 3.05) is 26.0 Å². The SMILES string of the molecule is Cc1cc(CCNc2ccc(Cl)nc2-c2ccc(C#N)cc2F)c2c(c1)c(=O)n(C)c1c(C(=O)N(C)C)ncn21. The third-order valence-corrected chi connectivity index (χ3v) is 6.91. The summed E-state index contributed by atoms with van der Waals surface area (Å²) >= 11 is 6.14. The minimum absolute atomic E-state index is 0.192. The van der Waals surface area contributed by atoms with Crippen LogP contribution in [0.2, 0.25) is 5.15 Å². The molecule has 202 valence electrons. The van der Waals surface area contributed by atoms with Crippen molar-refractivity contribution in [3.05, 3.63) is 92.5 Å². The Kier molecular flexibility index (Phi) is 7.00. The molecule has 0 aliphatic carbocycles. The van der Waals surface area contributed by atoms with Crippen LogP contribution in [-0.2, 0) is 13.5 Å². The Morgan fingerprint density at radius 2 is 1.98 bits per heavy atom. The fourth-order valence-electron chi connectivity index (χ4n) is 4.85. The van der Waals surface area contributed by atoms with Crippen molar-refractivity contribution < 1.29 is 9.18 Å². The Labute approximate surface area is 234 Å². The smallest absolute Gasteiger partial charge is 0.275 e. The van der Waals surface area contributed by atoms with Gasteiger partial charge in [-0.25, -0.2) is 14.4 Å². The molecule has 0 bridgehead atoms. The Morgan fingerprint density at radius 1 is 1.20 bits per heavy atom. The van der Waals surface area contributed by atoms with E-state index in [1.165, 1.54) is 21.6 Å². The van der Waals surface area contributed by atoms with Crippen LogP contribution in [0.1, 0.15) is 27.2 Å². The fourth-order valence-corrected chi connectivity index (χ4v) is 5.00. The molecule has 1 amide bonds. The fraction of sp³-hybridized carbons (Fsp3) is 0.207. The number of nitrogens with one attached hydrogen (secondary N) is 1. The number of nitriles is 1. The molecule has 1 N–H and O–H groups in total. The van der Waals surface area contributed by atoms with E-state index in [-0.39, 0.29) is 33.4 Å². The molecule has 0 atom stereocenters. The van der Waals surface area contributed by atoms with E-state index in [9.17, 15) is 14.0 Å². The maximum Gasteiger partial charge on any atom is 0.275 e. The van der Waals surface area contributed by atoms with Gasteiger partial charge in [0.1, 0.15) is 17.3 Å². The molecule has 0 saturated heterocycles. The minimum atomic E-state index is -0.581. The zero-order valence-electron chi connectivity index (χ0n) is 22.3. The molecule has 3 heterocycles. The Bertz CT molecular complexity index is 1920. The lowest BCUT2D eigenvalue weighted by Gasteiger charge is -2.16. The maximum absolute atomic E-state index is 14.8. The molecule has 5 rings (SSSR count). The van der Waals surface area contributed by atoms with Crippen molar-refractivity contribution in [1.82, 2.24) is 23.8 Å². The van der Waals surface area contributed by atoms with Gasteiger partial charge in [0.25, 0.3) is 11.5 Å². The van der Waals surface area contributed by atoms with Crippen LogP contribution in [0.15, 0.2) is 53.6 Å². The van der Waals surface area contributed by atoms with Gasteiger partial charge in [-0.05, 0) is 60.9 Å². The van der Waals surface area contributed by atoms with Crippen LogP contribution in [0.4, 0.5) is 10.1 Å². The van der Waals surface area contributed by atoms with Gasteiger partial charge in [-0.15, -0.1) is 0 Å². The number of fused-ring (bicyclic) bond motifs is 3. The van der Waals surface area contributed by atoms with Crippen LogP contribution in [0.5, 0.6) is 0 Å². The number of benzene rings is 2. The van der Waals surface area contributed by atoms with Crippen molar-refractivity contribution in [2.24, 2.45) is 7.05 Å². The quantitative estimate of drug-likeness (QED) is 0.306. The van der Waals surface area contributed by atoms with Crippen molar-refractivity contribution >= 4 is 39.7 Å². The summed E-state index contributed by atoms with van der Waals surface area (Å²) in [5, 5.41) is 13.1. The molecule has 9 nitrogen and oxygen atoms in total. The molecule has 40 heavy (non-hydrogen) atoms. The highest BCUT2D eigenvalue weighted by Crippen LogP contribution is 2.31. The number of anilines is 1. The molecule has 0 fully saturated rings. The first-order valence-electron chi connectivity index (χ1n) is 12.4. The standard InChI is InChI=1S/C29H25ClFN7O2/c1-16-11-18(26-20(12-16)28(39)37(4)27-25(29(40)36(2)3)34-15-38(26)27)9-10-33-22-7-8-23(30)35-24(22)19-6-5-17(14-32)13-21(19)31/h5-8,11-13,15,33H,9-10H2,1-4H3. The number of aromatic nitrogens is 4. The van der Waals surface area contributed by atoms with E-state index in [1.54, 1.807) is 44.0 Å². The second kappa shape index (κ2) is 10.4. The zero-order valence-corrected chi connectivity index (χ0v) is 23.0. The first-order valence-corrected chi connectivity index (χ1v) is 12.8. The molecule has 2 aromatic carbocycles. The highest BCUT2D eigenvalue weighted by atomic mass is 35.5. The normalized spacial score (nSPS) is 11.1. The molecule has 11 heteroatoms. The molecule has 0 saturated carbocycles. The highest BCUT2D eigenvalue weighted by molar-refractivity contribution is 6.29. The van der Waals surface area contributed by atoms with Crippen LogP contribution in [-0.4, -0.2) is 50.4 Å². The van der Waals surface area contributed by atoms with Crippen molar-refractivity contribution in [1.29, 1.82) is 5.26 Å². The summed E-state index contributed by atoms with van der Waals surface area (Å²) in [7, 11) is 4.90. The van der Waals surface area contributed by atoms with Gasteiger partial charge in [0.05, 0.1) is 33.9 Å². The van der Waals surface area contributed by atoms with Crippen LogP contribution >= 0.6 is 11.6 Å². The number of imidazole rings is 1. The number of amides is 1. The molecule has 0 spiro atoms. The van der Waals surface area contributed by atoms with Crippen molar-refractivity contribution in [2.45, 2.75) is 13.3 Å². The second-order valence-corrected chi connectivity index (χ2v) is 10.1. The summed E-state index contributed by atoms with van der Waals surface area (Å²) in [6.07, 6.45) is 2.06. The van der Waals surface area contributed by atoms with Gasteiger partial charge in [0.15, 0.2) is 11.3 Å². The monoisotopic (exact) mass is 557 g/mol. The number of nitrogens with zero attached hydrogens (tertiary/aromatic N) is 6. The van der Waals surface area contributed by atoms with E-state index < -0.39 is 5.82 Å². The number of hydrogen-bond donors (Lipinski definition) is 1. The molecule has 0 radical (unpaired) electrons. The molecule has 0 aliphatic heterocycles. The van der Waals surface area contributed by atoms with Gasteiger partial charge in [-0.1, -0.05) is 17.7 Å². The van der Waals surface area contributed by atoms with E-state index in [4.69, 9.17) is 16.9 Å². The lowest BCUT2D eigenvalue weighted by molar-refractivity contribution is 0.0824. The molecular formula is C29H25ClFN7O2. The molecule has 0 unspecified atom stereocenters. The minimum Gasteiger partial charge on any atom is -0.383 e. The topological polar surface area (TPSA) is 108 Å². The number of carbonyl (C=O) groups is 1. The van der Waals surface area contributed by atoms with Gasteiger partial charge in [0.2, 0.25) is 0 Å². The first kappa shape index (κ1) is 26.8. The molecule has 0 aliphatic rings. The van der Waals surface area contributed by atoms with Crippen molar-refractivity contribution in [3.63, 3.8) is 0 Å². The molecular weight excluding hydrogens is 533 g/mol. The number of aryl methyl sites for hydroxylation is 2. The van der Waals surface area contributed by atoms with E-state index in [0.717, 1.165) is 17.2 Å². The predicted molar refractivity (Wildman–Crippen MR) is 152 cm³/mol. The number of pyridine rings is 1. The lowest BCUT2D eigenvalue weighted by atomic mass is 10.0. The summed E-state index contributed by atoms with van der Waals surface area (Å²) in [5.74, 6) is -0.882. The van der Waals surface area contributed by atoms with E-state index >= 15 is 0 Å². The zero-order chi connectivity index (χ0) is 28.7. The number of hydrogen-bond acceptors (Lipinski definition) is 6. The first-order chi connectivity index (χ1) is 19.1. The van der Waals surface area contributed by atoms with Crippen LogP contribution < -0.4 is 10.9 Å². The van der Waals surface area contributed by atoms with Gasteiger partial charge in [-0.2, -0.15) is 5.26 Å². The Hall–Kier alpha value is -4.75. The highest BCUT2D eigenvalue weighted by Gasteiger charge is 2.22. The van der Waals surface area contributed by atoms with Crippen molar-refractivity contribution in [3.8, 4) is 17.3 Å². The van der Waals surface area contributed by atoms with Gasteiger partial charge in [0, 0.05) is 33.3 Å². The summed E-state index contributed by atoms with van der Waals surface area (Å²) < 4.78 is 18.1. The number of halogens is 2. The van der Waals surface area contributed by atoms with Gasteiger partial charge >= 0.3 is 0 Å². The lowest BCUT2D eigenvalue weighted by Crippen LogP contribution is -2.26. The van der Waals surface area contributed by atoms with E-state index in [0.29, 0.717) is 40.9 Å². The van der Waals surface area contributed by atoms with Crippen LogP contribution in [0.25, 0.3) is 27.8 Å².